The van der Waals surface area contributed by atoms with Crippen molar-refractivity contribution < 1.29 is 14.2 Å². The summed E-state index contributed by atoms with van der Waals surface area (Å²) in [5.41, 5.74) is 1.37. The summed E-state index contributed by atoms with van der Waals surface area (Å²) in [6.45, 7) is 5.71. The molecule has 0 amide bonds. The highest BCUT2D eigenvalue weighted by Crippen LogP contribution is 2.34. The smallest absolute Gasteiger partial charge is 0.122 e. The number of para-hydroxylation sites is 1. The number of hydrogen-bond acceptors (Lipinski definition) is 4. The second-order valence-corrected chi connectivity index (χ2v) is 6.21. The maximum absolute atomic E-state index is 5.72. The van der Waals surface area contributed by atoms with Gasteiger partial charge in [-0.05, 0) is 49.9 Å². The molecule has 1 atom stereocenters. The molecule has 0 aromatic heterocycles. The van der Waals surface area contributed by atoms with Crippen molar-refractivity contribution in [2.24, 2.45) is 0 Å². The van der Waals surface area contributed by atoms with E-state index in [0.717, 1.165) is 51.6 Å². The number of rotatable bonds is 5. The van der Waals surface area contributed by atoms with E-state index in [1.54, 1.807) is 7.11 Å². The van der Waals surface area contributed by atoms with Gasteiger partial charge in [0.15, 0.2) is 0 Å². The van der Waals surface area contributed by atoms with Gasteiger partial charge in [0.05, 0.1) is 33.0 Å². The monoisotopic (exact) mass is 305 g/mol. The predicted molar refractivity (Wildman–Crippen MR) is 86.6 cm³/mol. The molecule has 2 aliphatic rings. The number of piperidine rings is 1. The predicted octanol–water partition coefficient (Wildman–Crippen LogP) is 2.68. The molecule has 0 aliphatic carbocycles. The van der Waals surface area contributed by atoms with Gasteiger partial charge in [0.1, 0.15) is 5.75 Å². The number of benzene rings is 1. The van der Waals surface area contributed by atoms with Crippen molar-refractivity contribution in [1.29, 1.82) is 0 Å². The molecule has 4 nitrogen and oxygen atoms in total. The zero-order chi connectivity index (χ0) is 15.2. The van der Waals surface area contributed by atoms with Gasteiger partial charge in [-0.25, -0.2) is 0 Å². The van der Waals surface area contributed by atoms with Gasteiger partial charge in [0, 0.05) is 6.54 Å². The van der Waals surface area contributed by atoms with Crippen LogP contribution in [0.4, 0.5) is 0 Å². The van der Waals surface area contributed by atoms with Gasteiger partial charge in [-0.1, -0.05) is 18.2 Å². The quantitative estimate of drug-likeness (QED) is 0.837. The van der Waals surface area contributed by atoms with Crippen LogP contribution in [0, 0.1) is 0 Å². The fraction of sp³-hybridized carbons (Fsp3) is 0.667. The first-order valence-electron chi connectivity index (χ1n) is 8.41. The molecule has 3 rings (SSSR count). The largest absolute Gasteiger partial charge is 0.496 e. The summed E-state index contributed by atoms with van der Waals surface area (Å²) in [6, 6.07) is 8.45. The second kappa shape index (κ2) is 7.95. The van der Waals surface area contributed by atoms with E-state index in [2.05, 4.69) is 23.1 Å². The minimum atomic E-state index is 0.292. The van der Waals surface area contributed by atoms with Crippen LogP contribution < -0.4 is 4.74 Å². The van der Waals surface area contributed by atoms with Crippen LogP contribution in [0.25, 0.3) is 0 Å². The highest BCUT2D eigenvalue weighted by molar-refractivity contribution is 5.36. The Morgan fingerprint density at radius 1 is 1.18 bits per heavy atom. The van der Waals surface area contributed by atoms with Crippen LogP contribution in [0.3, 0.4) is 0 Å². The number of methoxy groups -OCH3 is 1. The second-order valence-electron chi connectivity index (χ2n) is 6.21. The van der Waals surface area contributed by atoms with E-state index in [1.807, 2.05) is 6.07 Å². The number of likely N-dealkylation sites (tertiary alicyclic amines) is 1. The van der Waals surface area contributed by atoms with Crippen LogP contribution in [-0.4, -0.2) is 57.6 Å². The van der Waals surface area contributed by atoms with Crippen molar-refractivity contribution in [2.45, 2.75) is 31.3 Å². The van der Waals surface area contributed by atoms with Gasteiger partial charge >= 0.3 is 0 Å². The summed E-state index contributed by atoms with van der Waals surface area (Å²) >= 11 is 0. The molecule has 0 bridgehead atoms. The van der Waals surface area contributed by atoms with E-state index >= 15 is 0 Å². The molecule has 0 saturated carbocycles. The van der Waals surface area contributed by atoms with Gasteiger partial charge in [-0.15, -0.1) is 0 Å². The number of ether oxygens (including phenoxy) is 3. The molecule has 2 heterocycles. The molecular weight excluding hydrogens is 278 g/mol. The zero-order valence-electron chi connectivity index (χ0n) is 13.5. The molecule has 1 aromatic rings. The third-order valence-electron chi connectivity index (χ3n) is 4.82. The first-order chi connectivity index (χ1) is 10.9. The fourth-order valence-electron chi connectivity index (χ4n) is 3.50. The lowest BCUT2D eigenvalue weighted by molar-refractivity contribution is -0.0930. The van der Waals surface area contributed by atoms with E-state index < -0.39 is 0 Å². The van der Waals surface area contributed by atoms with E-state index in [-0.39, 0.29) is 0 Å². The van der Waals surface area contributed by atoms with Crippen molar-refractivity contribution in [3.63, 3.8) is 0 Å². The average Bonchev–Trinajstić information content (AvgIpc) is 2.61. The topological polar surface area (TPSA) is 30.9 Å². The SMILES string of the molecule is COc1ccccc1C1CCN(CCC2COCCO2)CC1. The van der Waals surface area contributed by atoms with Crippen molar-refractivity contribution in [3.05, 3.63) is 29.8 Å². The van der Waals surface area contributed by atoms with E-state index in [4.69, 9.17) is 14.2 Å². The Morgan fingerprint density at radius 2 is 2.00 bits per heavy atom. The van der Waals surface area contributed by atoms with Crippen molar-refractivity contribution in [2.75, 3.05) is 46.6 Å². The van der Waals surface area contributed by atoms with E-state index in [1.165, 1.54) is 18.4 Å². The first kappa shape index (κ1) is 15.8. The molecule has 2 aliphatic heterocycles. The molecule has 0 N–H and O–H groups in total. The van der Waals surface area contributed by atoms with E-state index in [0.29, 0.717) is 12.0 Å². The van der Waals surface area contributed by atoms with Crippen LogP contribution in [0.15, 0.2) is 24.3 Å². The Balaban J connectivity index is 1.45. The minimum absolute atomic E-state index is 0.292. The Kier molecular flexibility index (Phi) is 5.70. The Hall–Kier alpha value is -1.10. The van der Waals surface area contributed by atoms with Crippen LogP contribution in [0.2, 0.25) is 0 Å². The maximum Gasteiger partial charge on any atom is 0.122 e. The Bertz CT molecular complexity index is 451. The standard InChI is InChI=1S/C18H27NO3/c1-20-18-5-3-2-4-17(18)15-6-9-19(10-7-15)11-8-16-14-21-12-13-22-16/h2-5,15-16H,6-14H2,1H3. The molecule has 2 saturated heterocycles. The summed E-state index contributed by atoms with van der Waals surface area (Å²) in [6.07, 6.45) is 3.80. The molecule has 22 heavy (non-hydrogen) atoms. The highest BCUT2D eigenvalue weighted by atomic mass is 16.6. The molecule has 2 fully saturated rings. The molecule has 4 heteroatoms. The van der Waals surface area contributed by atoms with Crippen LogP contribution in [0.1, 0.15) is 30.7 Å². The van der Waals surface area contributed by atoms with E-state index in [9.17, 15) is 0 Å². The third-order valence-corrected chi connectivity index (χ3v) is 4.82. The van der Waals surface area contributed by atoms with Crippen LogP contribution >= 0.6 is 0 Å². The summed E-state index contributed by atoms with van der Waals surface area (Å²) < 4.78 is 16.7. The lowest BCUT2D eigenvalue weighted by Crippen LogP contribution is -2.37. The highest BCUT2D eigenvalue weighted by Gasteiger charge is 2.23. The third kappa shape index (κ3) is 4.00. The molecule has 122 valence electrons. The zero-order valence-corrected chi connectivity index (χ0v) is 13.5. The molecule has 0 spiro atoms. The van der Waals surface area contributed by atoms with Crippen molar-refractivity contribution in [3.8, 4) is 5.75 Å². The number of hydrogen-bond donors (Lipinski definition) is 0. The minimum Gasteiger partial charge on any atom is -0.496 e. The average molecular weight is 305 g/mol. The molecule has 1 unspecified atom stereocenters. The van der Waals surface area contributed by atoms with Crippen molar-refractivity contribution in [1.82, 2.24) is 4.90 Å². The first-order valence-corrected chi connectivity index (χ1v) is 8.41. The summed E-state index contributed by atoms with van der Waals surface area (Å²) in [5.74, 6) is 1.66. The maximum atomic E-state index is 5.72. The Labute approximate surface area is 133 Å². The number of nitrogens with zero attached hydrogens (tertiary/aromatic N) is 1. The molecular formula is C18H27NO3. The van der Waals surface area contributed by atoms with Gasteiger partial charge in [-0.2, -0.15) is 0 Å². The summed E-state index contributed by atoms with van der Waals surface area (Å²) in [7, 11) is 1.76. The molecule has 0 radical (unpaired) electrons. The summed E-state index contributed by atoms with van der Waals surface area (Å²) in [4.78, 5) is 2.56. The fourth-order valence-corrected chi connectivity index (χ4v) is 3.50. The Morgan fingerprint density at radius 3 is 2.73 bits per heavy atom. The summed E-state index contributed by atoms with van der Waals surface area (Å²) in [5, 5.41) is 0. The normalized spacial score (nSPS) is 24.3. The molecule has 1 aromatic carbocycles. The van der Waals surface area contributed by atoms with Crippen LogP contribution in [0.5, 0.6) is 5.75 Å². The lowest BCUT2D eigenvalue weighted by Gasteiger charge is -2.34. The van der Waals surface area contributed by atoms with Gasteiger partial charge < -0.3 is 19.1 Å². The van der Waals surface area contributed by atoms with Gasteiger partial charge in [0.2, 0.25) is 0 Å². The lowest BCUT2D eigenvalue weighted by atomic mass is 9.88. The van der Waals surface area contributed by atoms with Crippen LogP contribution in [-0.2, 0) is 9.47 Å². The van der Waals surface area contributed by atoms with Gasteiger partial charge in [0.25, 0.3) is 0 Å². The van der Waals surface area contributed by atoms with Gasteiger partial charge in [-0.3, -0.25) is 0 Å². The van der Waals surface area contributed by atoms with Crippen molar-refractivity contribution >= 4 is 0 Å².